The van der Waals surface area contributed by atoms with E-state index >= 15 is 0 Å². The lowest BCUT2D eigenvalue weighted by Gasteiger charge is -2.18. The first-order valence-electron chi connectivity index (χ1n) is 7.15. The van der Waals surface area contributed by atoms with Crippen LogP contribution in [0, 0.1) is 0 Å². The van der Waals surface area contributed by atoms with Crippen molar-refractivity contribution in [3.8, 4) is 0 Å². The van der Waals surface area contributed by atoms with E-state index in [2.05, 4.69) is 72.8 Å². The van der Waals surface area contributed by atoms with Gasteiger partial charge in [0, 0.05) is 4.57 Å². The molecule has 0 unspecified atom stereocenters. The topological polar surface area (TPSA) is 57.5 Å². The minimum atomic E-state index is -2.87. The average molecular weight is 379 g/mol. The summed E-state index contributed by atoms with van der Waals surface area (Å²) in [5.41, 5.74) is 0. The Bertz CT molecular complexity index is 667. The van der Waals surface area contributed by atoms with Crippen LogP contribution in [-0.4, -0.2) is 9.79 Å². The molecule has 0 saturated heterocycles. The van der Waals surface area contributed by atoms with Crippen molar-refractivity contribution >= 4 is 42.0 Å². The molecule has 0 fully saturated rings. The van der Waals surface area contributed by atoms with E-state index in [4.69, 9.17) is 25.6 Å². The molecule has 0 radical (unpaired) electrons. The highest BCUT2D eigenvalue weighted by atomic mass is 35.7. The molecule has 0 atom stereocenters. The Morgan fingerprint density at radius 3 is 1.04 bits per heavy atom. The van der Waals surface area contributed by atoms with Crippen LogP contribution < -0.4 is 15.9 Å². The van der Waals surface area contributed by atoms with Crippen molar-refractivity contribution < 1.29 is 14.4 Å². The van der Waals surface area contributed by atoms with Gasteiger partial charge in [-0.25, -0.2) is 0 Å². The minimum Gasteiger partial charge on any atom is -0.134 e. The summed E-state index contributed by atoms with van der Waals surface area (Å²) in [7, 11) is -2.87. The molecule has 0 saturated carbocycles. The fourth-order valence-corrected chi connectivity index (χ4v) is 6.00. The number of hydrogen-bond acceptors (Lipinski definition) is 1. The molecule has 24 heavy (non-hydrogen) atoms. The van der Waals surface area contributed by atoms with Crippen molar-refractivity contribution in [3.05, 3.63) is 91.0 Å². The van der Waals surface area contributed by atoms with E-state index in [-0.39, 0.29) is 0 Å². The molecule has 3 aromatic rings. The molecule has 0 amide bonds. The molecular weight excluding hydrogens is 362 g/mol. The van der Waals surface area contributed by atoms with Crippen molar-refractivity contribution in [2.24, 2.45) is 0 Å². The molecule has 3 rings (SSSR count). The smallest absolute Gasteiger partial charge is 0.134 e. The second-order valence-electron chi connectivity index (χ2n) is 4.85. The third kappa shape index (κ3) is 4.70. The number of rotatable bonds is 3. The largest absolute Gasteiger partial charge is 0.692 e. The zero-order valence-corrected chi connectivity index (χ0v) is 15.3. The Labute approximate surface area is 147 Å². The number of halogens is 1. The van der Waals surface area contributed by atoms with Gasteiger partial charge in [0.25, 0.3) is 0 Å². The highest BCUT2D eigenvalue weighted by Gasteiger charge is 2.44. The van der Waals surface area contributed by atoms with Crippen LogP contribution in [0.1, 0.15) is 0 Å². The maximum absolute atomic E-state index is 8.70. The second kappa shape index (κ2) is 9.03. The molecule has 0 aliphatic carbocycles. The standard InChI is InChI=1S/C18H15ClP.HO3P/c19-20(16-10-4-1-5-11-16,17-12-6-2-7-13-17)18-14-8-3-9-15-18;1-4(2)3/h1-15H;(H-,1,2,3)/q+1;/p+1. The molecule has 0 bridgehead atoms. The van der Waals surface area contributed by atoms with Crippen LogP contribution in [0.3, 0.4) is 0 Å². The monoisotopic (exact) mass is 378 g/mol. The summed E-state index contributed by atoms with van der Waals surface area (Å²) in [5, 5.41) is 3.58. The van der Waals surface area contributed by atoms with Gasteiger partial charge in [0.2, 0.25) is 6.62 Å². The molecule has 3 aromatic carbocycles. The van der Waals surface area contributed by atoms with Crippen LogP contribution in [0.25, 0.3) is 0 Å². The predicted molar refractivity (Wildman–Crippen MR) is 103 cm³/mol. The van der Waals surface area contributed by atoms with Gasteiger partial charge in [-0.1, -0.05) is 54.6 Å². The molecule has 2 N–H and O–H groups in total. The Morgan fingerprint density at radius 1 is 0.625 bits per heavy atom. The molecule has 3 nitrogen and oxygen atoms in total. The fraction of sp³-hybridized carbons (Fsp3) is 0. The molecule has 0 aliphatic rings. The zero-order chi connectivity index (χ0) is 17.4. The van der Waals surface area contributed by atoms with Crippen LogP contribution in [-0.2, 0) is 4.57 Å². The second-order valence-corrected chi connectivity index (χ2v) is 9.60. The quantitative estimate of drug-likeness (QED) is 0.682. The summed E-state index contributed by atoms with van der Waals surface area (Å²) in [6, 6.07) is 31.2. The van der Waals surface area contributed by atoms with Crippen LogP contribution in [0.15, 0.2) is 91.0 Å². The van der Waals surface area contributed by atoms with Crippen molar-refractivity contribution in [3.63, 3.8) is 0 Å². The van der Waals surface area contributed by atoms with Crippen molar-refractivity contribution in [2.45, 2.75) is 0 Å². The molecule has 0 aliphatic heterocycles. The first kappa shape index (κ1) is 18.7. The van der Waals surface area contributed by atoms with E-state index in [0.29, 0.717) is 0 Å². The fourth-order valence-electron chi connectivity index (χ4n) is 2.35. The van der Waals surface area contributed by atoms with Crippen molar-refractivity contribution in [2.75, 3.05) is 0 Å². The van der Waals surface area contributed by atoms with Crippen molar-refractivity contribution in [1.29, 1.82) is 0 Å². The molecule has 0 aromatic heterocycles. The number of hydrogen-bond donors (Lipinski definition) is 2. The van der Waals surface area contributed by atoms with Crippen molar-refractivity contribution in [1.82, 2.24) is 0 Å². The summed E-state index contributed by atoms with van der Waals surface area (Å²) in [6.07, 6.45) is 0. The summed E-state index contributed by atoms with van der Waals surface area (Å²) in [4.78, 5) is 14.2. The minimum absolute atomic E-state index is 1.19. The first-order valence-corrected chi connectivity index (χ1v) is 11.0. The Kier molecular flexibility index (Phi) is 7.05. The van der Waals surface area contributed by atoms with Crippen LogP contribution >= 0.6 is 26.1 Å². The van der Waals surface area contributed by atoms with Gasteiger partial charge in [-0.2, -0.15) is 0 Å². The Morgan fingerprint density at radius 2 is 0.833 bits per heavy atom. The van der Waals surface area contributed by atoms with Gasteiger partial charge in [0.1, 0.15) is 27.2 Å². The lowest BCUT2D eigenvalue weighted by Crippen LogP contribution is -2.26. The van der Waals surface area contributed by atoms with Crippen LogP contribution in [0.5, 0.6) is 0 Å². The summed E-state index contributed by atoms with van der Waals surface area (Å²) in [6.45, 7) is -2.05. The molecule has 0 spiro atoms. The van der Waals surface area contributed by atoms with E-state index < -0.39 is 14.9 Å². The Balaban J connectivity index is 0.000000471. The van der Waals surface area contributed by atoms with E-state index in [9.17, 15) is 0 Å². The van der Waals surface area contributed by atoms with E-state index in [1.165, 1.54) is 15.9 Å². The third-order valence-corrected chi connectivity index (χ3v) is 8.12. The maximum Gasteiger partial charge on any atom is 0.692 e. The van der Waals surface area contributed by atoms with E-state index in [1.807, 2.05) is 18.2 Å². The van der Waals surface area contributed by atoms with Gasteiger partial charge >= 0.3 is 8.25 Å². The highest BCUT2D eigenvalue weighted by molar-refractivity contribution is 8.14. The molecule has 122 valence electrons. The van der Waals surface area contributed by atoms with Gasteiger partial charge in [-0.15, -0.1) is 9.79 Å². The maximum atomic E-state index is 8.70. The average Bonchev–Trinajstić information content (AvgIpc) is 2.63. The summed E-state index contributed by atoms with van der Waals surface area (Å²) in [5.74, 6) is 0. The highest BCUT2D eigenvalue weighted by Crippen LogP contribution is 2.60. The summed E-state index contributed by atoms with van der Waals surface area (Å²) >= 11 is 7.23. The van der Waals surface area contributed by atoms with Gasteiger partial charge in [0.15, 0.2) is 0 Å². The first-order chi connectivity index (χ1) is 11.5. The molecule has 0 heterocycles. The normalized spacial score (nSPS) is 10.5. The van der Waals surface area contributed by atoms with E-state index in [1.54, 1.807) is 0 Å². The zero-order valence-electron chi connectivity index (χ0n) is 12.7. The molecular formula is C18H17ClO3P2+2. The van der Waals surface area contributed by atoms with Gasteiger partial charge < -0.3 is 0 Å². The number of benzene rings is 3. The molecule has 6 heteroatoms. The lowest BCUT2D eigenvalue weighted by molar-refractivity contribution is 0.405. The lowest BCUT2D eigenvalue weighted by atomic mass is 10.4. The SMILES string of the molecule is Cl[P+](c1ccccc1)(c1ccccc1)c1ccccc1.O=[P+](O)O. The van der Waals surface area contributed by atoms with Crippen LogP contribution in [0.2, 0.25) is 0 Å². The third-order valence-electron chi connectivity index (χ3n) is 3.34. The van der Waals surface area contributed by atoms with Gasteiger partial charge in [-0.3, -0.25) is 0 Å². The van der Waals surface area contributed by atoms with Gasteiger partial charge in [-0.05, 0) is 36.4 Å². The van der Waals surface area contributed by atoms with Crippen LogP contribution in [0.4, 0.5) is 0 Å². The summed E-state index contributed by atoms with van der Waals surface area (Å²) < 4.78 is 8.70. The Hall–Kier alpha value is -1.60. The predicted octanol–water partition coefficient (Wildman–Crippen LogP) is 3.76. The van der Waals surface area contributed by atoms with Gasteiger partial charge in [0.05, 0.1) is 0 Å². The van der Waals surface area contributed by atoms with E-state index in [0.717, 1.165) is 0 Å².